The topological polar surface area (TPSA) is 52.6 Å². The van der Waals surface area contributed by atoms with Gasteiger partial charge in [-0.1, -0.05) is 0 Å². The lowest BCUT2D eigenvalue weighted by molar-refractivity contribution is -0.142. The zero-order valence-electron chi connectivity index (χ0n) is 10.5. The number of ketones is 1. The second kappa shape index (κ2) is 5.21. The van der Waals surface area contributed by atoms with Gasteiger partial charge < -0.3 is 9.47 Å². The van der Waals surface area contributed by atoms with Crippen LogP contribution in [0.5, 0.6) is 5.75 Å². The van der Waals surface area contributed by atoms with E-state index < -0.39 is 0 Å². The Kier molecular flexibility index (Phi) is 3.65. The van der Waals surface area contributed by atoms with Gasteiger partial charge in [0.1, 0.15) is 5.75 Å². The number of rotatable bonds is 5. The molecule has 1 fully saturated rings. The SMILES string of the molecule is CCOc1ccc(C(=O)[C@H]2C[C@@H]2C(=O)OC)cc1. The van der Waals surface area contributed by atoms with Gasteiger partial charge in [-0.05, 0) is 37.6 Å². The number of methoxy groups -OCH3 is 1. The Labute approximate surface area is 106 Å². The highest BCUT2D eigenvalue weighted by Crippen LogP contribution is 2.41. The van der Waals surface area contributed by atoms with E-state index in [4.69, 9.17) is 4.74 Å². The van der Waals surface area contributed by atoms with Crippen molar-refractivity contribution in [1.29, 1.82) is 0 Å². The number of carbonyl (C=O) groups excluding carboxylic acids is 2. The highest BCUT2D eigenvalue weighted by Gasteiger charge is 2.48. The van der Waals surface area contributed by atoms with Crippen molar-refractivity contribution in [3.05, 3.63) is 29.8 Å². The highest BCUT2D eigenvalue weighted by atomic mass is 16.5. The van der Waals surface area contributed by atoms with E-state index in [2.05, 4.69) is 4.74 Å². The number of hydrogen-bond donors (Lipinski definition) is 0. The number of esters is 1. The summed E-state index contributed by atoms with van der Waals surface area (Å²) in [6, 6.07) is 7.01. The molecule has 0 heterocycles. The number of benzene rings is 1. The fraction of sp³-hybridized carbons (Fsp3) is 0.429. The summed E-state index contributed by atoms with van der Waals surface area (Å²) in [5.74, 6) is -0.00781. The van der Waals surface area contributed by atoms with E-state index in [0.29, 0.717) is 18.6 Å². The van der Waals surface area contributed by atoms with Crippen LogP contribution in [0.2, 0.25) is 0 Å². The number of carbonyl (C=O) groups is 2. The van der Waals surface area contributed by atoms with Crippen LogP contribution in [0.1, 0.15) is 23.7 Å². The molecule has 4 nitrogen and oxygen atoms in total. The van der Waals surface area contributed by atoms with Gasteiger partial charge in [-0.2, -0.15) is 0 Å². The van der Waals surface area contributed by atoms with Crippen LogP contribution in [0, 0.1) is 11.8 Å². The molecule has 0 spiro atoms. The van der Waals surface area contributed by atoms with E-state index in [1.165, 1.54) is 7.11 Å². The maximum Gasteiger partial charge on any atom is 0.309 e. The monoisotopic (exact) mass is 248 g/mol. The van der Waals surface area contributed by atoms with Crippen LogP contribution in [0.3, 0.4) is 0 Å². The molecule has 1 aromatic carbocycles. The summed E-state index contributed by atoms with van der Waals surface area (Å²) in [7, 11) is 1.35. The fourth-order valence-corrected chi connectivity index (χ4v) is 1.99. The maximum absolute atomic E-state index is 12.1. The standard InChI is InChI=1S/C14H16O4/c1-3-18-10-6-4-9(5-7-10)13(15)11-8-12(11)14(16)17-2/h4-7,11-12H,3,8H2,1-2H3/t11-,12-/m0/s1. The van der Waals surface area contributed by atoms with Gasteiger partial charge >= 0.3 is 5.97 Å². The summed E-state index contributed by atoms with van der Waals surface area (Å²) in [6.45, 7) is 2.50. The third-order valence-electron chi connectivity index (χ3n) is 3.08. The van der Waals surface area contributed by atoms with Gasteiger partial charge in [-0.3, -0.25) is 9.59 Å². The van der Waals surface area contributed by atoms with Gasteiger partial charge in [0.2, 0.25) is 0 Å². The smallest absolute Gasteiger partial charge is 0.309 e. The van der Waals surface area contributed by atoms with Crippen molar-refractivity contribution in [2.75, 3.05) is 13.7 Å². The van der Waals surface area contributed by atoms with Gasteiger partial charge in [0.25, 0.3) is 0 Å². The van der Waals surface area contributed by atoms with Gasteiger partial charge in [-0.15, -0.1) is 0 Å². The highest BCUT2D eigenvalue weighted by molar-refractivity contribution is 6.02. The molecule has 1 aromatic rings. The van der Waals surface area contributed by atoms with Crippen molar-refractivity contribution >= 4 is 11.8 Å². The maximum atomic E-state index is 12.1. The van der Waals surface area contributed by atoms with Gasteiger partial charge in [0.05, 0.1) is 19.6 Å². The van der Waals surface area contributed by atoms with E-state index in [-0.39, 0.29) is 23.6 Å². The van der Waals surface area contributed by atoms with Crippen molar-refractivity contribution < 1.29 is 19.1 Å². The van der Waals surface area contributed by atoms with Gasteiger partial charge in [0, 0.05) is 11.5 Å². The first-order valence-electron chi connectivity index (χ1n) is 6.02. The predicted molar refractivity (Wildman–Crippen MR) is 65.6 cm³/mol. The minimum Gasteiger partial charge on any atom is -0.494 e. The Morgan fingerprint density at radius 3 is 2.44 bits per heavy atom. The number of hydrogen-bond acceptors (Lipinski definition) is 4. The molecule has 2 atom stereocenters. The van der Waals surface area contributed by atoms with Crippen LogP contribution in [-0.2, 0) is 9.53 Å². The molecule has 1 aliphatic rings. The van der Waals surface area contributed by atoms with E-state index in [1.54, 1.807) is 24.3 Å². The Morgan fingerprint density at radius 1 is 1.22 bits per heavy atom. The van der Waals surface area contributed by atoms with Crippen LogP contribution >= 0.6 is 0 Å². The van der Waals surface area contributed by atoms with E-state index in [9.17, 15) is 9.59 Å². The summed E-state index contributed by atoms with van der Waals surface area (Å²) in [6.07, 6.45) is 0.596. The summed E-state index contributed by atoms with van der Waals surface area (Å²) in [4.78, 5) is 23.3. The summed E-state index contributed by atoms with van der Waals surface area (Å²) < 4.78 is 9.94. The fourth-order valence-electron chi connectivity index (χ4n) is 1.99. The van der Waals surface area contributed by atoms with Crippen molar-refractivity contribution in [3.8, 4) is 5.75 Å². The molecule has 0 aromatic heterocycles. The Bertz CT molecular complexity index is 449. The zero-order valence-corrected chi connectivity index (χ0v) is 10.5. The van der Waals surface area contributed by atoms with E-state index >= 15 is 0 Å². The van der Waals surface area contributed by atoms with Gasteiger partial charge in [0.15, 0.2) is 5.78 Å². The van der Waals surface area contributed by atoms with Crippen molar-refractivity contribution in [2.24, 2.45) is 11.8 Å². The molecular formula is C14H16O4. The minimum absolute atomic E-state index is 0.00782. The molecule has 2 rings (SSSR count). The number of ether oxygens (including phenoxy) is 2. The van der Waals surface area contributed by atoms with E-state index in [1.807, 2.05) is 6.92 Å². The Balaban J connectivity index is 2.00. The lowest BCUT2D eigenvalue weighted by Crippen LogP contribution is -2.10. The summed E-state index contributed by atoms with van der Waals surface area (Å²) in [5, 5.41) is 0. The molecule has 4 heteroatoms. The quantitative estimate of drug-likeness (QED) is 0.591. The van der Waals surface area contributed by atoms with Gasteiger partial charge in [-0.25, -0.2) is 0 Å². The molecule has 1 saturated carbocycles. The van der Waals surface area contributed by atoms with Crippen molar-refractivity contribution in [2.45, 2.75) is 13.3 Å². The number of Topliss-reactive ketones (excluding diaryl/α,β-unsaturated/α-hetero) is 1. The molecule has 0 unspecified atom stereocenters. The lowest BCUT2D eigenvalue weighted by atomic mass is 10.1. The van der Waals surface area contributed by atoms with Crippen LogP contribution in [0.25, 0.3) is 0 Å². The summed E-state index contributed by atoms with van der Waals surface area (Å²) in [5.41, 5.74) is 0.620. The first-order chi connectivity index (χ1) is 8.67. The summed E-state index contributed by atoms with van der Waals surface area (Å²) >= 11 is 0. The lowest BCUT2D eigenvalue weighted by Gasteiger charge is -2.04. The molecule has 96 valence electrons. The second-order valence-electron chi connectivity index (χ2n) is 4.29. The first-order valence-corrected chi connectivity index (χ1v) is 6.02. The minimum atomic E-state index is -0.292. The van der Waals surface area contributed by atoms with Crippen molar-refractivity contribution in [3.63, 3.8) is 0 Å². The largest absolute Gasteiger partial charge is 0.494 e. The van der Waals surface area contributed by atoms with E-state index in [0.717, 1.165) is 5.75 Å². The molecule has 0 N–H and O–H groups in total. The third-order valence-corrected chi connectivity index (χ3v) is 3.08. The molecule has 18 heavy (non-hydrogen) atoms. The normalized spacial score (nSPS) is 21.2. The zero-order chi connectivity index (χ0) is 13.1. The molecular weight excluding hydrogens is 232 g/mol. The second-order valence-corrected chi connectivity index (χ2v) is 4.29. The van der Waals surface area contributed by atoms with Crippen LogP contribution in [0.4, 0.5) is 0 Å². The average molecular weight is 248 g/mol. The molecule has 0 aliphatic heterocycles. The Hall–Kier alpha value is -1.84. The molecule has 0 bridgehead atoms. The predicted octanol–water partition coefficient (Wildman–Crippen LogP) is 2.08. The molecule has 0 saturated heterocycles. The van der Waals surface area contributed by atoms with Crippen LogP contribution in [-0.4, -0.2) is 25.5 Å². The molecule has 1 aliphatic carbocycles. The van der Waals surface area contributed by atoms with Crippen molar-refractivity contribution in [1.82, 2.24) is 0 Å². The van der Waals surface area contributed by atoms with Crippen LogP contribution < -0.4 is 4.74 Å². The van der Waals surface area contributed by atoms with Crippen LogP contribution in [0.15, 0.2) is 24.3 Å². The third kappa shape index (κ3) is 2.53. The molecule has 0 radical (unpaired) electrons. The average Bonchev–Trinajstić information content (AvgIpc) is 3.18. The first kappa shape index (κ1) is 12.6. The Morgan fingerprint density at radius 2 is 1.89 bits per heavy atom. The molecule has 0 amide bonds.